The minimum Gasteiger partial charge on any atom is -0.479 e. The summed E-state index contributed by atoms with van der Waals surface area (Å²) in [6.45, 7) is 9.47. The molecule has 2 aromatic heterocycles. The average Bonchev–Trinajstić information content (AvgIpc) is 3.21. The first kappa shape index (κ1) is 23.5. The summed E-state index contributed by atoms with van der Waals surface area (Å²) in [5, 5.41) is 25.0. The van der Waals surface area contributed by atoms with Crippen LogP contribution in [0.1, 0.15) is 37.0 Å². The van der Waals surface area contributed by atoms with Gasteiger partial charge in [-0.25, -0.2) is 9.31 Å². The van der Waals surface area contributed by atoms with Crippen molar-refractivity contribution in [1.82, 2.24) is 9.61 Å². The number of carbonyl (C=O) groups is 1. The Labute approximate surface area is 201 Å². The van der Waals surface area contributed by atoms with Crippen LogP contribution >= 0.6 is 15.9 Å². The van der Waals surface area contributed by atoms with Gasteiger partial charge in [-0.1, -0.05) is 34.1 Å². The van der Waals surface area contributed by atoms with Gasteiger partial charge in [0.2, 0.25) is 0 Å². The lowest BCUT2D eigenvalue weighted by molar-refractivity contribution is -0.146. The molecule has 1 aromatic carbocycles. The summed E-state index contributed by atoms with van der Waals surface area (Å²) in [6, 6.07) is 9.83. The maximum Gasteiger partial charge on any atom is 0.337 e. The predicted octanol–water partition coefficient (Wildman–Crippen LogP) is 4.75. The number of aliphatic carboxylic acids is 1. The molecule has 174 valence electrons. The summed E-state index contributed by atoms with van der Waals surface area (Å²) in [5.74, 6) is -1.27. The molecule has 0 aliphatic carbocycles. The first-order chi connectivity index (χ1) is 15.7. The highest BCUT2D eigenvalue weighted by molar-refractivity contribution is 9.10. The number of aliphatic hydroxyl groups is 1. The molecule has 0 amide bonds. The summed E-state index contributed by atoms with van der Waals surface area (Å²) >= 11 is 3.51. The van der Waals surface area contributed by atoms with Crippen LogP contribution in [-0.2, 0) is 9.53 Å². The molecule has 2 N–H and O–H groups in total. The second-order valence-electron chi connectivity index (χ2n) is 8.72. The summed E-state index contributed by atoms with van der Waals surface area (Å²) in [5.41, 5.74) is 4.01. The number of aromatic nitrogens is 2. The van der Waals surface area contributed by atoms with E-state index in [9.17, 15) is 15.0 Å². The van der Waals surface area contributed by atoms with Gasteiger partial charge in [-0.3, -0.25) is 0 Å². The lowest BCUT2D eigenvalue weighted by atomic mass is 9.91. The van der Waals surface area contributed by atoms with E-state index in [4.69, 9.17) is 9.84 Å². The number of halogens is 1. The summed E-state index contributed by atoms with van der Waals surface area (Å²) in [4.78, 5) is 13.9. The third-order valence-electron chi connectivity index (χ3n) is 6.29. The van der Waals surface area contributed by atoms with Gasteiger partial charge in [-0.2, -0.15) is 5.10 Å². The molecule has 3 heterocycles. The van der Waals surface area contributed by atoms with Crippen molar-refractivity contribution in [2.45, 2.75) is 38.4 Å². The molecular weight excluding hydrogens is 486 g/mol. The van der Waals surface area contributed by atoms with Gasteiger partial charge in [-0.15, -0.1) is 6.58 Å². The molecule has 8 heteroatoms. The molecule has 1 atom stereocenters. The van der Waals surface area contributed by atoms with Crippen LogP contribution in [0.2, 0.25) is 0 Å². The van der Waals surface area contributed by atoms with Gasteiger partial charge in [0.1, 0.15) is 0 Å². The van der Waals surface area contributed by atoms with Crippen molar-refractivity contribution in [3.05, 3.63) is 64.8 Å². The molecule has 0 spiro atoms. The van der Waals surface area contributed by atoms with E-state index in [-0.39, 0.29) is 5.60 Å². The number of carboxylic acid groups (broad SMARTS) is 1. The van der Waals surface area contributed by atoms with Crippen LogP contribution < -0.4 is 4.90 Å². The number of hydrogen-bond donors (Lipinski definition) is 2. The first-order valence-corrected chi connectivity index (χ1v) is 11.7. The SMILES string of the molecule is C=CCOC1(C)CCN(c2c(C(O)C(=O)O)c(C)cn3nc(-c4cccc(Br)c4)cc23)CC1. The fourth-order valence-corrected chi connectivity index (χ4v) is 4.84. The van der Waals surface area contributed by atoms with Crippen LogP contribution in [0.15, 0.2) is 53.7 Å². The number of ether oxygens (including phenoxy) is 1. The Balaban J connectivity index is 1.82. The van der Waals surface area contributed by atoms with Crippen LogP contribution in [-0.4, -0.2) is 51.1 Å². The molecule has 3 aromatic rings. The largest absolute Gasteiger partial charge is 0.479 e. The first-order valence-electron chi connectivity index (χ1n) is 10.9. The Hall–Kier alpha value is -2.68. The smallest absolute Gasteiger partial charge is 0.337 e. The number of carboxylic acids is 1. The Kier molecular flexibility index (Phi) is 6.61. The van der Waals surface area contributed by atoms with Crippen LogP contribution in [0.4, 0.5) is 5.69 Å². The Morgan fingerprint density at radius 1 is 1.36 bits per heavy atom. The molecule has 4 rings (SSSR count). The molecule has 0 saturated carbocycles. The molecule has 0 radical (unpaired) electrons. The summed E-state index contributed by atoms with van der Waals surface area (Å²) in [7, 11) is 0. The minimum absolute atomic E-state index is 0.266. The minimum atomic E-state index is -1.63. The van der Waals surface area contributed by atoms with Gasteiger partial charge >= 0.3 is 5.97 Å². The summed E-state index contributed by atoms with van der Waals surface area (Å²) in [6.07, 6.45) is 3.45. The maximum absolute atomic E-state index is 11.8. The van der Waals surface area contributed by atoms with Gasteiger partial charge in [0.15, 0.2) is 6.10 Å². The third-order valence-corrected chi connectivity index (χ3v) is 6.78. The topological polar surface area (TPSA) is 87.3 Å². The Bertz CT molecular complexity index is 1200. The zero-order valence-corrected chi connectivity index (χ0v) is 20.4. The zero-order chi connectivity index (χ0) is 23.8. The normalized spacial score (nSPS) is 16.7. The van der Waals surface area contributed by atoms with Crippen molar-refractivity contribution in [3.63, 3.8) is 0 Å². The number of benzene rings is 1. The highest BCUT2D eigenvalue weighted by Crippen LogP contribution is 2.39. The molecule has 1 unspecified atom stereocenters. The van der Waals surface area contributed by atoms with Crippen molar-refractivity contribution in [2.24, 2.45) is 0 Å². The number of aryl methyl sites for hydroxylation is 1. The highest BCUT2D eigenvalue weighted by Gasteiger charge is 2.34. The summed E-state index contributed by atoms with van der Waals surface area (Å²) < 4.78 is 8.72. The average molecular weight is 514 g/mol. The van der Waals surface area contributed by atoms with Gasteiger partial charge in [0.05, 0.1) is 29.1 Å². The second-order valence-corrected chi connectivity index (χ2v) is 9.64. The zero-order valence-electron chi connectivity index (χ0n) is 18.8. The number of rotatable bonds is 7. The van der Waals surface area contributed by atoms with Crippen molar-refractivity contribution >= 4 is 33.1 Å². The van der Waals surface area contributed by atoms with Crippen LogP contribution in [0.3, 0.4) is 0 Å². The van der Waals surface area contributed by atoms with Crippen molar-refractivity contribution in [3.8, 4) is 11.3 Å². The van der Waals surface area contributed by atoms with Crippen LogP contribution in [0.25, 0.3) is 16.8 Å². The van der Waals surface area contributed by atoms with E-state index < -0.39 is 12.1 Å². The van der Waals surface area contributed by atoms with E-state index in [0.717, 1.165) is 34.1 Å². The molecular formula is C25H28BrN3O4. The van der Waals surface area contributed by atoms with Gasteiger partial charge in [-0.05, 0) is 50.5 Å². The molecule has 0 bridgehead atoms. The maximum atomic E-state index is 11.8. The van der Waals surface area contributed by atoms with Gasteiger partial charge in [0.25, 0.3) is 0 Å². The predicted molar refractivity (Wildman–Crippen MR) is 132 cm³/mol. The Morgan fingerprint density at radius 2 is 2.09 bits per heavy atom. The number of pyridine rings is 1. The van der Waals surface area contributed by atoms with Gasteiger partial charge in [0, 0.05) is 34.9 Å². The Morgan fingerprint density at radius 3 is 2.73 bits per heavy atom. The molecule has 1 fully saturated rings. The van der Waals surface area contributed by atoms with E-state index in [1.165, 1.54) is 0 Å². The number of piperidine rings is 1. The van der Waals surface area contributed by atoms with Crippen molar-refractivity contribution in [2.75, 3.05) is 24.6 Å². The molecule has 1 aliphatic rings. The van der Waals surface area contributed by atoms with E-state index in [1.54, 1.807) is 16.8 Å². The van der Waals surface area contributed by atoms with Gasteiger partial charge < -0.3 is 19.8 Å². The van der Waals surface area contributed by atoms with Crippen LogP contribution in [0, 0.1) is 6.92 Å². The number of hydrogen-bond acceptors (Lipinski definition) is 5. The molecule has 7 nitrogen and oxygen atoms in total. The number of anilines is 1. The highest BCUT2D eigenvalue weighted by atomic mass is 79.9. The number of aliphatic hydroxyl groups excluding tert-OH is 1. The third kappa shape index (κ3) is 4.69. The fraction of sp³-hybridized carbons (Fsp3) is 0.360. The molecule has 33 heavy (non-hydrogen) atoms. The second kappa shape index (κ2) is 9.29. The van der Waals surface area contributed by atoms with E-state index >= 15 is 0 Å². The van der Waals surface area contributed by atoms with Crippen LogP contribution in [0.5, 0.6) is 0 Å². The molecule has 1 aliphatic heterocycles. The standard InChI is InChI=1S/C25H28BrN3O4/c1-4-12-33-25(3)8-10-28(11-9-25)22-20-14-19(17-6-5-7-18(26)13-17)27-29(20)15-16(2)21(22)23(30)24(31)32/h4-7,13-15,23,30H,1,8-12H2,2-3H3,(H,31,32). The van der Waals surface area contributed by atoms with Crippen molar-refractivity contribution < 1.29 is 19.7 Å². The fourth-order valence-electron chi connectivity index (χ4n) is 4.45. The lowest BCUT2D eigenvalue weighted by Crippen LogP contribution is -2.45. The lowest BCUT2D eigenvalue weighted by Gasteiger charge is -2.41. The monoisotopic (exact) mass is 513 g/mol. The quantitative estimate of drug-likeness (QED) is 0.443. The number of fused-ring (bicyclic) bond motifs is 1. The van der Waals surface area contributed by atoms with Crippen molar-refractivity contribution in [1.29, 1.82) is 0 Å². The van der Waals surface area contributed by atoms with E-state index in [1.807, 2.05) is 37.3 Å². The number of nitrogens with zero attached hydrogens (tertiary/aromatic N) is 3. The van der Waals surface area contributed by atoms with E-state index in [0.29, 0.717) is 36.5 Å². The molecule has 1 saturated heterocycles. The van der Waals surface area contributed by atoms with E-state index in [2.05, 4.69) is 34.3 Å².